The van der Waals surface area contributed by atoms with Crippen molar-refractivity contribution in [2.75, 3.05) is 6.67 Å². The second-order valence-electron chi connectivity index (χ2n) is 2.16. The fraction of sp³-hybridized carbons (Fsp3) is 1.00. The smallest absolute Gasteiger partial charge is 0.108 e. The van der Waals surface area contributed by atoms with Crippen molar-refractivity contribution < 1.29 is 8.78 Å². The van der Waals surface area contributed by atoms with Crippen LogP contribution in [0.2, 0.25) is 0 Å². The number of rotatable bonds is 2. The quantitative estimate of drug-likeness (QED) is 0.508. The SMILES string of the molecule is CC(C)(F)CCF. The summed E-state index contributed by atoms with van der Waals surface area (Å²) in [4.78, 5) is 0. The van der Waals surface area contributed by atoms with Crippen LogP contribution in [-0.2, 0) is 0 Å². The molecule has 0 aromatic carbocycles. The van der Waals surface area contributed by atoms with Gasteiger partial charge in [0.25, 0.3) is 0 Å². The summed E-state index contributed by atoms with van der Waals surface area (Å²) >= 11 is 0. The van der Waals surface area contributed by atoms with Crippen LogP contribution in [0.1, 0.15) is 20.3 Å². The summed E-state index contributed by atoms with van der Waals surface area (Å²) in [7, 11) is 0. The summed E-state index contributed by atoms with van der Waals surface area (Å²) in [6.45, 7) is 2.17. The van der Waals surface area contributed by atoms with Crippen LogP contribution in [0.4, 0.5) is 8.78 Å². The van der Waals surface area contributed by atoms with Crippen LogP contribution in [0.5, 0.6) is 0 Å². The van der Waals surface area contributed by atoms with E-state index in [4.69, 9.17) is 0 Å². The number of hydrogen-bond donors (Lipinski definition) is 0. The molecule has 0 spiro atoms. The molecule has 0 saturated carbocycles. The highest BCUT2D eigenvalue weighted by molar-refractivity contribution is 4.63. The van der Waals surface area contributed by atoms with Gasteiger partial charge in [-0.1, -0.05) is 0 Å². The molecule has 0 aromatic heterocycles. The van der Waals surface area contributed by atoms with Gasteiger partial charge in [-0.05, 0) is 13.8 Å². The molecule has 0 amide bonds. The molecule has 0 nitrogen and oxygen atoms in total. The Bertz CT molecular complexity index is 44.5. The minimum absolute atomic E-state index is 0.00694. The van der Waals surface area contributed by atoms with E-state index in [1.54, 1.807) is 0 Å². The number of halogens is 2. The number of alkyl halides is 2. The minimum atomic E-state index is -1.32. The molecule has 0 radical (unpaired) electrons. The molecule has 0 aliphatic rings. The van der Waals surface area contributed by atoms with Gasteiger partial charge in [0.05, 0.1) is 6.67 Å². The lowest BCUT2D eigenvalue weighted by Crippen LogP contribution is -2.11. The molecule has 0 aromatic rings. The average molecular weight is 108 g/mol. The Morgan fingerprint density at radius 3 is 1.86 bits per heavy atom. The molecule has 0 fully saturated rings. The van der Waals surface area contributed by atoms with Gasteiger partial charge in [-0.15, -0.1) is 0 Å². The molecule has 0 aliphatic heterocycles. The zero-order chi connectivity index (χ0) is 5.91. The fourth-order valence-electron chi connectivity index (χ4n) is 0.225. The second kappa shape index (κ2) is 2.24. The molecule has 0 unspecified atom stereocenters. The molecular weight excluding hydrogens is 98.1 g/mol. The lowest BCUT2D eigenvalue weighted by Gasteiger charge is -2.08. The van der Waals surface area contributed by atoms with Gasteiger partial charge < -0.3 is 0 Å². The topological polar surface area (TPSA) is 0 Å². The maximum Gasteiger partial charge on any atom is 0.108 e. The van der Waals surface area contributed by atoms with Crippen molar-refractivity contribution in [2.24, 2.45) is 0 Å². The van der Waals surface area contributed by atoms with Gasteiger partial charge in [-0.2, -0.15) is 0 Å². The van der Waals surface area contributed by atoms with Gasteiger partial charge in [0, 0.05) is 6.42 Å². The highest BCUT2D eigenvalue weighted by atomic mass is 19.1. The maximum atomic E-state index is 12.1. The van der Waals surface area contributed by atoms with Gasteiger partial charge in [0.2, 0.25) is 0 Å². The van der Waals surface area contributed by atoms with E-state index < -0.39 is 12.3 Å². The van der Waals surface area contributed by atoms with Crippen LogP contribution < -0.4 is 0 Å². The van der Waals surface area contributed by atoms with Crippen LogP contribution in [-0.4, -0.2) is 12.3 Å². The Morgan fingerprint density at radius 1 is 1.43 bits per heavy atom. The highest BCUT2D eigenvalue weighted by Gasteiger charge is 2.13. The van der Waals surface area contributed by atoms with E-state index >= 15 is 0 Å². The van der Waals surface area contributed by atoms with E-state index in [9.17, 15) is 8.78 Å². The summed E-state index contributed by atoms with van der Waals surface area (Å²) in [5.41, 5.74) is -1.32. The molecule has 0 heterocycles. The van der Waals surface area contributed by atoms with Gasteiger partial charge in [0.15, 0.2) is 0 Å². The van der Waals surface area contributed by atoms with Gasteiger partial charge in [-0.3, -0.25) is 4.39 Å². The monoisotopic (exact) mass is 108 g/mol. The molecule has 0 N–H and O–H groups in total. The Kier molecular flexibility index (Phi) is 2.20. The summed E-state index contributed by atoms with van der Waals surface area (Å²) in [5, 5.41) is 0. The van der Waals surface area contributed by atoms with Crippen LogP contribution in [0, 0.1) is 0 Å². The largest absolute Gasteiger partial charge is 0.251 e. The molecule has 44 valence electrons. The third-order valence-corrected chi connectivity index (χ3v) is 0.689. The molecular formula is C5H10F2. The van der Waals surface area contributed by atoms with E-state index in [2.05, 4.69) is 0 Å². The molecule has 0 aliphatic carbocycles. The van der Waals surface area contributed by atoms with Gasteiger partial charge in [0.1, 0.15) is 5.67 Å². The first-order chi connectivity index (χ1) is 3.06. The van der Waals surface area contributed by atoms with E-state index in [0.29, 0.717) is 0 Å². The molecule has 7 heavy (non-hydrogen) atoms. The average Bonchev–Trinajstić information content (AvgIpc) is 1.30. The van der Waals surface area contributed by atoms with Crippen LogP contribution in [0.25, 0.3) is 0 Å². The van der Waals surface area contributed by atoms with Crippen molar-refractivity contribution in [1.29, 1.82) is 0 Å². The fourth-order valence-corrected chi connectivity index (χ4v) is 0.225. The number of hydrogen-bond acceptors (Lipinski definition) is 0. The van der Waals surface area contributed by atoms with Crippen molar-refractivity contribution in [3.63, 3.8) is 0 Å². The third-order valence-electron chi connectivity index (χ3n) is 0.689. The van der Waals surface area contributed by atoms with Gasteiger partial charge >= 0.3 is 0 Å². The van der Waals surface area contributed by atoms with Crippen LogP contribution in [0.3, 0.4) is 0 Å². The second-order valence-corrected chi connectivity index (χ2v) is 2.16. The van der Waals surface area contributed by atoms with Gasteiger partial charge in [-0.25, -0.2) is 4.39 Å². The first-order valence-corrected chi connectivity index (χ1v) is 2.31. The Hall–Kier alpha value is -0.140. The summed E-state index contributed by atoms with van der Waals surface area (Å²) < 4.78 is 23.4. The summed E-state index contributed by atoms with van der Waals surface area (Å²) in [6, 6.07) is 0. The Balaban J connectivity index is 3.15. The molecule has 2 heteroatoms. The molecule has 0 rings (SSSR count). The van der Waals surface area contributed by atoms with Crippen molar-refractivity contribution >= 4 is 0 Å². The van der Waals surface area contributed by atoms with E-state index in [1.165, 1.54) is 13.8 Å². The zero-order valence-corrected chi connectivity index (χ0v) is 4.67. The van der Waals surface area contributed by atoms with E-state index in [-0.39, 0.29) is 6.42 Å². The first kappa shape index (κ1) is 6.86. The Morgan fingerprint density at radius 2 is 1.86 bits per heavy atom. The van der Waals surface area contributed by atoms with Crippen molar-refractivity contribution in [1.82, 2.24) is 0 Å². The highest BCUT2D eigenvalue weighted by Crippen LogP contribution is 2.12. The zero-order valence-electron chi connectivity index (χ0n) is 4.67. The minimum Gasteiger partial charge on any atom is -0.251 e. The lowest BCUT2D eigenvalue weighted by molar-refractivity contribution is 0.184. The van der Waals surface area contributed by atoms with Crippen molar-refractivity contribution in [3.8, 4) is 0 Å². The molecule has 0 bridgehead atoms. The van der Waals surface area contributed by atoms with Crippen molar-refractivity contribution in [2.45, 2.75) is 25.9 Å². The van der Waals surface area contributed by atoms with Crippen LogP contribution >= 0.6 is 0 Å². The standard InChI is InChI=1S/C5H10F2/c1-5(2,7)3-4-6/h3-4H2,1-2H3. The summed E-state index contributed by atoms with van der Waals surface area (Å²) in [6.07, 6.45) is 0.00694. The lowest BCUT2D eigenvalue weighted by atomic mass is 10.1. The van der Waals surface area contributed by atoms with Crippen molar-refractivity contribution in [3.05, 3.63) is 0 Å². The van der Waals surface area contributed by atoms with E-state index in [1.807, 2.05) is 0 Å². The normalized spacial score (nSPS) is 12.0. The Labute approximate surface area is 42.5 Å². The predicted molar refractivity (Wildman–Crippen MR) is 25.8 cm³/mol. The maximum absolute atomic E-state index is 12.1. The van der Waals surface area contributed by atoms with E-state index in [0.717, 1.165) is 0 Å². The first-order valence-electron chi connectivity index (χ1n) is 2.31. The predicted octanol–water partition coefficient (Wildman–Crippen LogP) is 2.09. The molecule has 0 atom stereocenters. The summed E-state index contributed by atoms with van der Waals surface area (Å²) in [5.74, 6) is 0. The van der Waals surface area contributed by atoms with Crippen LogP contribution in [0.15, 0.2) is 0 Å². The third kappa shape index (κ3) is 5.86. The molecule has 0 saturated heterocycles.